The molecule has 4 N–H and O–H groups in total. The summed E-state index contributed by atoms with van der Waals surface area (Å²) >= 11 is 1.63. The maximum absolute atomic E-state index is 5.70. The number of nitrogens with two attached hydrogens (primary N) is 2. The molecule has 3 heteroatoms. The Bertz CT molecular complexity index is 434. The summed E-state index contributed by atoms with van der Waals surface area (Å²) in [5.74, 6) is 0. The molecule has 1 heterocycles. The first-order valence-electron chi connectivity index (χ1n) is 4.42. The lowest BCUT2D eigenvalue weighted by molar-refractivity contribution is 1.24. The third kappa shape index (κ3) is 2.06. The van der Waals surface area contributed by atoms with Gasteiger partial charge in [-0.1, -0.05) is 12.1 Å². The molecule has 2 rings (SSSR count). The van der Waals surface area contributed by atoms with Crippen LogP contribution in [-0.2, 0) is 6.42 Å². The first-order chi connectivity index (χ1) is 6.74. The topological polar surface area (TPSA) is 52.0 Å². The summed E-state index contributed by atoms with van der Waals surface area (Å²) in [7, 11) is 0. The van der Waals surface area contributed by atoms with Gasteiger partial charge in [0.25, 0.3) is 0 Å². The van der Waals surface area contributed by atoms with Crippen LogP contribution in [0.1, 0.15) is 10.4 Å². The van der Waals surface area contributed by atoms with Crippen LogP contribution in [0.4, 0.5) is 10.7 Å². The van der Waals surface area contributed by atoms with Crippen LogP contribution in [0.25, 0.3) is 0 Å². The maximum atomic E-state index is 5.70. The predicted octanol–water partition coefficient (Wildman–Crippen LogP) is 2.50. The summed E-state index contributed by atoms with van der Waals surface area (Å²) in [4.78, 5) is 1.27. The molecule has 0 bridgehead atoms. The highest BCUT2D eigenvalue weighted by Gasteiger charge is 1.99. The lowest BCUT2D eigenvalue weighted by atomic mass is 10.1. The molecule has 72 valence electrons. The molecule has 0 fully saturated rings. The minimum atomic E-state index is 0.812. The van der Waals surface area contributed by atoms with E-state index in [1.54, 1.807) is 11.3 Å². The van der Waals surface area contributed by atoms with E-state index in [4.69, 9.17) is 11.5 Å². The molecule has 14 heavy (non-hydrogen) atoms. The van der Waals surface area contributed by atoms with E-state index in [9.17, 15) is 0 Å². The molecule has 0 saturated carbocycles. The molecule has 0 amide bonds. The van der Waals surface area contributed by atoms with E-state index < -0.39 is 0 Å². The van der Waals surface area contributed by atoms with Gasteiger partial charge in [0.1, 0.15) is 0 Å². The van der Waals surface area contributed by atoms with Crippen molar-refractivity contribution < 1.29 is 0 Å². The molecule has 0 atom stereocenters. The van der Waals surface area contributed by atoms with Crippen molar-refractivity contribution in [3.05, 3.63) is 46.8 Å². The van der Waals surface area contributed by atoms with Gasteiger partial charge in [0.2, 0.25) is 0 Å². The third-order valence-electron chi connectivity index (χ3n) is 2.01. The fourth-order valence-corrected chi connectivity index (χ4v) is 2.21. The maximum Gasteiger partial charge on any atom is 0.0859 e. The normalized spacial score (nSPS) is 10.3. The molecule has 0 aliphatic rings. The highest BCUT2D eigenvalue weighted by atomic mass is 32.1. The Labute approximate surface area is 87.2 Å². The zero-order valence-electron chi connectivity index (χ0n) is 7.73. The fourth-order valence-electron chi connectivity index (χ4n) is 1.39. The Morgan fingerprint density at radius 3 is 2.57 bits per heavy atom. The number of hydrogen-bond donors (Lipinski definition) is 2. The summed E-state index contributed by atoms with van der Waals surface area (Å²) in [5, 5.41) is 0.865. The lowest BCUT2D eigenvalue weighted by Gasteiger charge is -1.99. The number of nitrogen functional groups attached to an aromatic ring is 2. The molecule has 2 nitrogen and oxygen atoms in total. The molecule has 0 aliphatic heterocycles. The Kier molecular flexibility index (Phi) is 2.41. The van der Waals surface area contributed by atoms with Crippen LogP contribution in [0.3, 0.4) is 0 Å². The number of hydrogen-bond acceptors (Lipinski definition) is 3. The van der Waals surface area contributed by atoms with Crippen LogP contribution < -0.4 is 11.5 Å². The summed E-state index contributed by atoms with van der Waals surface area (Å²) in [5.41, 5.74) is 13.4. The van der Waals surface area contributed by atoms with Gasteiger partial charge in [0.05, 0.1) is 5.00 Å². The molecule has 1 aromatic heterocycles. The SMILES string of the molecule is Nc1cccc(Cc2ccc(N)s2)c1. The van der Waals surface area contributed by atoms with E-state index >= 15 is 0 Å². The van der Waals surface area contributed by atoms with Crippen molar-refractivity contribution in [2.45, 2.75) is 6.42 Å². The molecule has 0 spiro atoms. The molecule has 0 saturated heterocycles. The van der Waals surface area contributed by atoms with Gasteiger partial charge < -0.3 is 11.5 Å². The summed E-state index contributed by atoms with van der Waals surface area (Å²) in [6.07, 6.45) is 0.910. The lowest BCUT2D eigenvalue weighted by Crippen LogP contribution is -1.88. The van der Waals surface area contributed by atoms with Crippen molar-refractivity contribution >= 4 is 22.0 Å². The van der Waals surface area contributed by atoms with Crippen LogP contribution >= 0.6 is 11.3 Å². The molecule has 0 aliphatic carbocycles. The molecule has 0 unspecified atom stereocenters. The van der Waals surface area contributed by atoms with Crippen LogP contribution in [-0.4, -0.2) is 0 Å². The smallest absolute Gasteiger partial charge is 0.0859 e. The Morgan fingerprint density at radius 2 is 1.93 bits per heavy atom. The molecule has 2 aromatic rings. The standard InChI is InChI=1S/C11H12N2S/c12-9-3-1-2-8(6-9)7-10-4-5-11(13)14-10/h1-6H,7,12-13H2. The van der Waals surface area contributed by atoms with Gasteiger partial charge in [0, 0.05) is 17.0 Å². The fraction of sp³-hybridized carbons (Fsp3) is 0.0909. The van der Waals surface area contributed by atoms with Crippen molar-refractivity contribution in [2.24, 2.45) is 0 Å². The first kappa shape index (κ1) is 9.09. The zero-order chi connectivity index (χ0) is 9.97. The number of anilines is 2. The van der Waals surface area contributed by atoms with Crippen molar-refractivity contribution in [1.29, 1.82) is 0 Å². The second-order valence-electron chi connectivity index (χ2n) is 3.23. The Morgan fingerprint density at radius 1 is 1.07 bits per heavy atom. The Hall–Kier alpha value is -1.48. The van der Waals surface area contributed by atoms with Gasteiger partial charge >= 0.3 is 0 Å². The number of rotatable bonds is 2. The van der Waals surface area contributed by atoms with E-state index in [-0.39, 0.29) is 0 Å². The molecule has 0 radical (unpaired) electrons. The van der Waals surface area contributed by atoms with Gasteiger partial charge in [-0.15, -0.1) is 11.3 Å². The second kappa shape index (κ2) is 3.72. The van der Waals surface area contributed by atoms with Crippen LogP contribution in [0, 0.1) is 0 Å². The third-order valence-corrected chi connectivity index (χ3v) is 2.93. The largest absolute Gasteiger partial charge is 0.399 e. The second-order valence-corrected chi connectivity index (χ2v) is 4.43. The summed E-state index contributed by atoms with van der Waals surface area (Å²) < 4.78 is 0. The van der Waals surface area contributed by atoms with Crippen molar-refractivity contribution in [3.63, 3.8) is 0 Å². The van der Waals surface area contributed by atoms with Crippen LogP contribution in [0.15, 0.2) is 36.4 Å². The zero-order valence-corrected chi connectivity index (χ0v) is 8.55. The average Bonchev–Trinajstić information content (AvgIpc) is 2.51. The minimum absolute atomic E-state index is 0.812. The van der Waals surface area contributed by atoms with Crippen molar-refractivity contribution in [1.82, 2.24) is 0 Å². The Balaban J connectivity index is 2.18. The van der Waals surface area contributed by atoms with Gasteiger partial charge in [0.15, 0.2) is 0 Å². The average molecular weight is 204 g/mol. The monoisotopic (exact) mass is 204 g/mol. The number of benzene rings is 1. The summed E-state index contributed by atoms with van der Waals surface area (Å²) in [6, 6.07) is 11.9. The van der Waals surface area contributed by atoms with Gasteiger partial charge in [-0.2, -0.15) is 0 Å². The van der Waals surface area contributed by atoms with Gasteiger partial charge in [-0.05, 0) is 29.8 Å². The summed E-state index contributed by atoms with van der Waals surface area (Å²) in [6.45, 7) is 0. The van der Waals surface area contributed by atoms with Crippen LogP contribution in [0.5, 0.6) is 0 Å². The first-order valence-corrected chi connectivity index (χ1v) is 5.24. The van der Waals surface area contributed by atoms with Crippen LogP contribution in [0.2, 0.25) is 0 Å². The van der Waals surface area contributed by atoms with E-state index in [1.165, 1.54) is 10.4 Å². The quantitative estimate of drug-likeness (QED) is 0.738. The van der Waals surface area contributed by atoms with Gasteiger partial charge in [-0.3, -0.25) is 0 Å². The van der Waals surface area contributed by atoms with E-state index in [0.29, 0.717) is 0 Å². The minimum Gasteiger partial charge on any atom is -0.399 e. The highest BCUT2D eigenvalue weighted by Crippen LogP contribution is 2.21. The predicted molar refractivity (Wildman–Crippen MR) is 62.4 cm³/mol. The van der Waals surface area contributed by atoms with Crippen molar-refractivity contribution in [3.8, 4) is 0 Å². The van der Waals surface area contributed by atoms with E-state index in [1.807, 2.05) is 24.3 Å². The molecule has 1 aromatic carbocycles. The number of thiophene rings is 1. The highest BCUT2D eigenvalue weighted by molar-refractivity contribution is 7.15. The van der Waals surface area contributed by atoms with E-state index in [2.05, 4.69) is 12.1 Å². The van der Waals surface area contributed by atoms with Gasteiger partial charge in [-0.25, -0.2) is 0 Å². The van der Waals surface area contributed by atoms with E-state index in [0.717, 1.165) is 17.1 Å². The molecular formula is C11H12N2S. The molecular weight excluding hydrogens is 192 g/mol. The van der Waals surface area contributed by atoms with Crippen molar-refractivity contribution in [2.75, 3.05) is 11.5 Å².